The fraction of sp³-hybridized carbons (Fsp3) is 0.278. The molecule has 0 atom stereocenters. The van der Waals surface area contributed by atoms with Crippen LogP contribution in [0.15, 0.2) is 42.5 Å². The van der Waals surface area contributed by atoms with E-state index in [-0.39, 0.29) is 24.8 Å². The zero-order valence-electron chi connectivity index (χ0n) is 13.7. The van der Waals surface area contributed by atoms with Crippen molar-refractivity contribution in [3.63, 3.8) is 0 Å². The van der Waals surface area contributed by atoms with Crippen LogP contribution < -0.4 is 10.1 Å². The van der Waals surface area contributed by atoms with Gasteiger partial charge in [-0.05, 0) is 43.8 Å². The molecule has 0 bridgehead atoms. The van der Waals surface area contributed by atoms with Crippen molar-refractivity contribution in [1.29, 1.82) is 0 Å². The van der Waals surface area contributed by atoms with Gasteiger partial charge < -0.3 is 10.1 Å². The van der Waals surface area contributed by atoms with Gasteiger partial charge in [-0.2, -0.15) is 0 Å². The molecule has 1 N–H and O–H groups in total. The van der Waals surface area contributed by atoms with E-state index < -0.39 is 11.6 Å². The molecular weight excluding hydrogens is 314 g/mol. The molecule has 1 amide bonds. The molecule has 2 aromatic carbocycles. The van der Waals surface area contributed by atoms with Gasteiger partial charge >= 0.3 is 0 Å². The lowest BCUT2D eigenvalue weighted by atomic mass is 10.2. The number of rotatable bonds is 7. The van der Waals surface area contributed by atoms with Crippen molar-refractivity contribution in [3.8, 4) is 5.75 Å². The highest BCUT2D eigenvalue weighted by Gasteiger charge is 2.10. The molecule has 4 nitrogen and oxygen atoms in total. The Hall–Kier alpha value is -2.47. The van der Waals surface area contributed by atoms with Crippen molar-refractivity contribution >= 4 is 11.6 Å². The highest BCUT2D eigenvalue weighted by atomic mass is 19.1. The molecule has 0 spiro atoms. The van der Waals surface area contributed by atoms with E-state index in [2.05, 4.69) is 5.32 Å². The predicted octanol–water partition coefficient (Wildman–Crippen LogP) is 3.22. The molecular formula is C18H20F2N2O2. The number of nitrogens with one attached hydrogen (secondary N) is 1. The second-order valence-electron chi connectivity index (χ2n) is 5.52. The Kier molecular flexibility index (Phi) is 6.26. The molecule has 0 aromatic heterocycles. The van der Waals surface area contributed by atoms with Gasteiger partial charge in [0.1, 0.15) is 12.4 Å². The summed E-state index contributed by atoms with van der Waals surface area (Å²) in [4.78, 5) is 13.7. The molecule has 0 aliphatic heterocycles. The van der Waals surface area contributed by atoms with Crippen LogP contribution in [0.2, 0.25) is 0 Å². The highest BCUT2D eigenvalue weighted by molar-refractivity contribution is 5.92. The summed E-state index contributed by atoms with van der Waals surface area (Å²) in [6.45, 7) is 2.62. The van der Waals surface area contributed by atoms with Crippen molar-refractivity contribution in [2.24, 2.45) is 0 Å². The van der Waals surface area contributed by atoms with Crippen molar-refractivity contribution in [3.05, 3.63) is 59.7 Å². The van der Waals surface area contributed by atoms with Crippen molar-refractivity contribution in [2.75, 3.05) is 32.1 Å². The van der Waals surface area contributed by atoms with Gasteiger partial charge in [-0.1, -0.05) is 18.2 Å². The lowest BCUT2D eigenvalue weighted by Crippen LogP contribution is -2.33. The number of likely N-dealkylation sites (N-methyl/N-ethyl adjacent to an activating group) is 1. The first kappa shape index (κ1) is 17.9. The first-order chi connectivity index (χ1) is 11.5. The fourth-order valence-electron chi connectivity index (χ4n) is 2.12. The monoisotopic (exact) mass is 334 g/mol. The van der Waals surface area contributed by atoms with Crippen LogP contribution in [-0.4, -0.2) is 37.6 Å². The van der Waals surface area contributed by atoms with E-state index in [1.54, 1.807) is 43.1 Å². The van der Waals surface area contributed by atoms with Gasteiger partial charge in [0.2, 0.25) is 5.91 Å². The standard InChI is InChI=1S/C18H20F2N2O2/c1-13-7-8-14(19)11-16(13)21-18(23)12-22(2)9-10-24-17-6-4-3-5-15(17)20/h3-8,11H,9-10,12H2,1-2H3,(H,21,23). The highest BCUT2D eigenvalue weighted by Crippen LogP contribution is 2.16. The topological polar surface area (TPSA) is 41.6 Å². The number of amides is 1. The van der Waals surface area contributed by atoms with E-state index in [1.165, 1.54) is 18.2 Å². The van der Waals surface area contributed by atoms with Crippen LogP contribution in [-0.2, 0) is 4.79 Å². The molecule has 6 heteroatoms. The third kappa shape index (κ3) is 5.31. The van der Waals surface area contributed by atoms with Crippen LogP contribution in [0, 0.1) is 18.6 Å². The molecule has 0 saturated heterocycles. The minimum absolute atomic E-state index is 0.122. The molecule has 0 heterocycles. The van der Waals surface area contributed by atoms with E-state index in [0.29, 0.717) is 12.2 Å². The quantitative estimate of drug-likeness (QED) is 0.845. The smallest absolute Gasteiger partial charge is 0.238 e. The zero-order chi connectivity index (χ0) is 17.5. The van der Waals surface area contributed by atoms with Gasteiger partial charge in [0, 0.05) is 12.2 Å². The first-order valence-corrected chi connectivity index (χ1v) is 7.57. The minimum atomic E-state index is -0.417. The largest absolute Gasteiger partial charge is 0.489 e. The number of hydrogen-bond donors (Lipinski definition) is 1. The van der Waals surface area contributed by atoms with Gasteiger partial charge in [0.25, 0.3) is 0 Å². The van der Waals surface area contributed by atoms with E-state index in [9.17, 15) is 13.6 Å². The first-order valence-electron chi connectivity index (χ1n) is 7.57. The average molecular weight is 334 g/mol. The lowest BCUT2D eigenvalue weighted by molar-refractivity contribution is -0.117. The van der Waals surface area contributed by atoms with E-state index >= 15 is 0 Å². The Morgan fingerprint density at radius 2 is 1.96 bits per heavy atom. The maximum atomic E-state index is 13.4. The van der Waals surface area contributed by atoms with E-state index in [4.69, 9.17) is 4.74 Å². The van der Waals surface area contributed by atoms with Crippen molar-refractivity contribution in [1.82, 2.24) is 4.90 Å². The lowest BCUT2D eigenvalue weighted by Gasteiger charge is -2.17. The number of para-hydroxylation sites is 1. The number of aryl methyl sites for hydroxylation is 1. The number of ether oxygens (including phenoxy) is 1. The predicted molar refractivity (Wildman–Crippen MR) is 89.2 cm³/mol. The Labute approximate surface area is 140 Å². The van der Waals surface area contributed by atoms with Gasteiger partial charge in [0.15, 0.2) is 11.6 Å². The maximum absolute atomic E-state index is 13.4. The molecule has 128 valence electrons. The van der Waals surface area contributed by atoms with Crippen LogP contribution in [0.4, 0.5) is 14.5 Å². The second kappa shape index (κ2) is 8.40. The fourth-order valence-corrected chi connectivity index (χ4v) is 2.12. The summed E-state index contributed by atoms with van der Waals surface area (Å²) in [5, 5.41) is 2.68. The van der Waals surface area contributed by atoms with Crippen LogP contribution in [0.3, 0.4) is 0 Å². The van der Waals surface area contributed by atoms with Crippen molar-refractivity contribution in [2.45, 2.75) is 6.92 Å². The minimum Gasteiger partial charge on any atom is -0.489 e. The summed E-state index contributed by atoms with van der Waals surface area (Å²) in [7, 11) is 1.75. The van der Waals surface area contributed by atoms with Crippen LogP contribution >= 0.6 is 0 Å². The number of anilines is 1. The van der Waals surface area contributed by atoms with Crippen LogP contribution in [0.25, 0.3) is 0 Å². The Balaban J connectivity index is 1.77. The molecule has 0 saturated carbocycles. The number of nitrogens with zero attached hydrogens (tertiary/aromatic N) is 1. The second-order valence-corrected chi connectivity index (χ2v) is 5.52. The summed E-state index contributed by atoms with van der Waals surface area (Å²) in [6.07, 6.45) is 0. The Morgan fingerprint density at radius 3 is 2.71 bits per heavy atom. The number of carbonyl (C=O) groups is 1. The Bertz CT molecular complexity index is 707. The summed E-state index contributed by atoms with van der Waals surface area (Å²) in [5.41, 5.74) is 1.24. The molecule has 2 rings (SSSR count). The molecule has 24 heavy (non-hydrogen) atoms. The molecule has 0 aliphatic rings. The summed E-state index contributed by atoms with van der Waals surface area (Å²) in [5.74, 6) is -0.884. The number of halogens is 2. The van der Waals surface area contributed by atoms with Crippen molar-refractivity contribution < 1.29 is 18.3 Å². The SMILES string of the molecule is Cc1ccc(F)cc1NC(=O)CN(C)CCOc1ccccc1F. The van der Waals surface area contributed by atoms with Gasteiger partial charge in [-0.25, -0.2) is 8.78 Å². The summed E-state index contributed by atoms with van der Waals surface area (Å²) < 4.78 is 32.0. The van der Waals surface area contributed by atoms with Crippen LogP contribution in [0.1, 0.15) is 5.56 Å². The molecule has 0 aliphatic carbocycles. The number of benzene rings is 2. The zero-order valence-corrected chi connectivity index (χ0v) is 13.7. The molecule has 0 radical (unpaired) electrons. The summed E-state index contributed by atoms with van der Waals surface area (Å²) in [6, 6.07) is 10.4. The number of carbonyl (C=O) groups excluding carboxylic acids is 1. The van der Waals surface area contributed by atoms with Gasteiger partial charge in [-0.15, -0.1) is 0 Å². The van der Waals surface area contributed by atoms with E-state index in [0.717, 1.165) is 5.56 Å². The molecule has 0 unspecified atom stereocenters. The average Bonchev–Trinajstić information content (AvgIpc) is 2.52. The number of hydrogen-bond acceptors (Lipinski definition) is 3. The summed E-state index contributed by atoms with van der Waals surface area (Å²) >= 11 is 0. The molecule has 2 aromatic rings. The van der Waals surface area contributed by atoms with Gasteiger partial charge in [0.05, 0.1) is 6.54 Å². The third-order valence-electron chi connectivity index (χ3n) is 3.45. The molecule has 0 fully saturated rings. The van der Waals surface area contributed by atoms with Crippen LogP contribution in [0.5, 0.6) is 5.75 Å². The third-order valence-corrected chi connectivity index (χ3v) is 3.45. The van der Waals surface area contributed by atoms with Gasteiger partial charge in [-0.3, -0.25) is 9.69 Å². The van der Waals surface area contributed by atoms with E-state index in [1.807, 2.05) is 0 Å². The maximum Gasteiger partial charge on any atom is 0.238 e. The normalized spacial score (nSPS) is 10.7. The Morgan fingerprint density at radius 1 is 1.21 bits per heavy atom.